The summed E-state index contributed by atoms with van der Waals surface area (Å²) >= 11 is 0. The zero-order valence-corrected chi connectivity index (χ0v) is 8.03. The van der Waals surface area contributed by atoms with Crippen molar-refractivity contribution in [1.29, 1.82) is 5.26 Å². The summed E-state index contributed by atoms with van der Waals surface area (Å²) in [7, 11) is 0. The summed E-state index contributed by atoms with van der Waals surface area (Å²) in [5, 5.41) is 8.32. The molecular formula is C12H11NO. The topological polar surface area (TPSA) is 40.9 Å². The Morgan fingerprint density at radius 1 is 1.43 bits per heavy atom. The molecule has 0 aliphatic rings. The first-order chi connectivity index (χ1) is 6.72. The number of carbonyl (C=O) groups excluding carboxylic acids is 1. The molecule has 0 bridgehead atoms. The Bertz CT molecular complexity index is 382. The SMILES string of the molecule is CC(=O)Cc1ccc(C=CC#N)cc1. The minimum Gasteiger partial charge on any atom is -0.300 e. The van der Waals surface area contributed by atoms with Gasteiger partial charge in [-0.15, -0.1) is 0 Å². The molecule has 0 heterocycles. The lowest BCUT2D eigenvalue weighted by molar-refractivity contribution is -0.116. The first-order valence-electron chi connectivity index (χ1n) is 4.37. The second-order valence-corrected chi connectivity index (χ2v) is 3.08. The van der Waals surface area contributed by atoms with Crippen LogP contribution in [0, 0.1) is 11.3 Å². The van der Waals surface area contributed by atoms with Gasteiger partial charge in [0.2, 0.25) is 0 Å². The maximum absolute atomic E-state index is 10.8. The number of Topliss-reactive ketones (excluding diaryl/α,β-unsaturated/α-hetero) is 1. The molecule has 14 heavy (non-hydrogen) atoms. The molecule has 0 aliphatic heterocycles. The zero-order chi connectivity index (χ0) is 10.4. The van der Waals surface area contributed by atoms with Crippen LogP contribution in [0.15, 0.2) is 30.3 Å². The van der Waals surface area contributed by atoms with E-state index >= 15 is 0 Å². The average Bonchev–Trinajstić information content (AvgIpc) is 2.16. The number of hydrogen-bond acceptors (Lipinski definition) is 2. The highest BCUT2D eigenvalue weighted by atomic mass is 16.1. The van der Waals surface area contributed by atoms with Gasteiger partial charge in [0.1, 0.15) is 5.78 Å². The molecule has 1 rings (SSSR count). The lowest BCUT2D eigenvalue weighted by Crippen LogP contribution is -1.95. The van der Waals surface area contributed by atoms with Crippen LogP contribution in [0.4, 0.5) is 0 Å². The molecule has 70 valence electrons. The Labute approximate surface area is 83.5 Å². The van der Waals surface area contributed by atoms with E-state index in [0.717, 1.165) is 11.1 Å². The molecule has 0 saturated carbocycles. The number of nitriles is 1. The van der Waals surface area contributed by atoms with Crippen molar-refractivity contribution >= 4 is 11.9 Å². The van der Waals surface area contributed by atoms with Gasteiger partial charge in [0.25, 0.3) is 0 Å². The number of nitrogens with zero attached hydrogens (tertiary/aromatic N) is 1. The normalized spacial score (nSPS) is 10.0. The zero-order valence-electron chi connectivity index (χ0n) is 8.03. The van der Waals surface area contributed by atoms with Crippen molar-refractivity contribution in [2.45, 2.75) is 13.3 Å². The van der Waals surface area contributed by atoms with Crippen LogP contribution >= 0.6 is 0 Å². The summed E-state index contributed by atoms with van der Waals surface area (Å²) in [6, 6.07) is 9.52. The number of benzene rings is 1. The largest absolute Gasteiger partial charge is 0.300 e. The highest BCUT2D eigenvalue weighted by molar-refractivity contribution is 5.78. The molecule has 2 heteroatoms. The minimum atomic E-state index is 0.158. The Morgan fingerprint density at radius 3 is 2.57 bits per heavy atom. The molecule has 0 saturated heterocycles. The monoisotopic (exact) mass is 185 g/mol. The maximum Gasteiger partial charge on any atom is 0.134 e. The molecule has 1 aromatic carbocycles. The van der Waals surface area contributed by atoms with E-state index in [1.807, 2.05) is 30.3 Å². The van der Waals surface area contributed by atoms with Gasteiger partial charge in [0.05, 0.1) is 6.07 Å². The van der Waals surface area contributed by atoms with Crippen molar-refractivity contribution in [3.63, 3.8) is 0 Å². The molecule has 2 nitrogen and oxygen atoms in total. The van der Waals surface area contributed by atoms with E-state index in [4.69, 9.17) is 5.26 Å². The average molecular weight is 185 g/mol. The van der Waals surface area contributed by atoms with Crippen LogP contribution < -0.4 is 0 Å². The van der Waals surface area contributed by atoms with E-state index in [9.17, 15) is 4.79 Å². The molecular weight excluding hydrogens is 174 g/mol. The Kier molecular flexibility index (Phi) is 3.63. The van der Waals surface area contributed by atoms with Crippen LogP contribution in [-0.4, -0.2) is 5.78 Å². The summed E-state index contributed by atoms with van der Waals surface area (Å²) in [5.41, 5.74) is 1.98. The number of hydrogen-bond donors (Lipinski definition) is 0. The van der Waals surface area contributed by atoms with Crippen molar-refractivity contribution in [2.75, 3.05) is 0 Å². The molecule has 0 amide bonds. The molecule has 0 N–H and O–H groups in total. The van der Waals surface area contributed by atoms with Gasteiger partial charge in [-0.1, -0.05) is 24.3 Å². The molecule has 0 aromatic heterocycles. The van der Waals surface area contributed by atoms with E-state index in [-0.39, 0.29) is 5.78 Å². The summed E-state index contributed by atoms with van der Waals surface area (Å²) in [5.74, 6) is 0.158. The van der Waals surface area contributed by atoms with E-state index in [1.54, 1.807) is 13.0 Å². The molecule has 0 atom stereocenters. The Balaban J connectivity index is 2.74. The quantitative estimate of drug-likeness (QED) is 0.678. The molecule has 0 fully saturated rings. The standard InChI is InChI=1S/C12H11NO/c1-10(14)9-12-6-4-11(5-7-12)3-2-8-13/h2-7H,9H2,1H3. The smallest absolute Gasteiger partial charge is 0.134 e. The van der Waals surface area contributed by atoms with Crippen molar-refractivity contribution in [3.8, 4) is 6.07 Å². The molecule has 0 spiro atoms. The summed E-state index contributed by atoms with van der Waals surface area (Å²) in [4.78, 5) is 10.8. The number of allylic oxidation sites excluding steroid dienone is 1. The number of carbonyl (C=O) groups is 1. The minimum absolute atomic E-state index is 0.158. The van der Waals surface area contributed by atoms with Crippen LogP contribution in [0.5, 0.6) is 0 Å². The van der Waals surface area contributed by atoms with Crippen LogP contribution in [0.1, 0.15) is 18.1 Å². The second kappa shape index (κ2) is 4.98. The van der Waals surface area contributed by atoms with E-state index in [2.05, 4.69) is 0 Å². The van der Waals surface area contributed by atoms with Gasteiger partial charge in [0.15, 0.2) is 0 Å². The van der Waals surface area contributed by atoms with E-state index < -0.39 is 0 Å². The lowest BCUT2D eigenvalue weighted by Gasteiger charge is -1.97. The lowest BCUT2D eigenvalue weighted by atomic mass is 10.1. The first kappa shape index (κ1) is 10.2. The van der Waals surface area contributed by atoms with Gasteiger partial charge >= 0.3 is 0 Å². The second-order valence-electron chi connectivity index (χ2n) is 3.08. The summed E-state index contributed by atoms with van der Waals surface area (Å²) in [6.07, 6.45) is 3.64. The molecule has 0 radical (unpaired) electrons. The predicted octanol–water partition coefficient (Wildman–Crippen LogP) is 2.35. The maximum atomic E-state index is 10.8. The van der Waals surface area contributed by atoms with Crippen molar-refractivity contribution in [1.82, 2.24) is 0 Å². The van der Waals surface area contributed by atoms with Crippen molar-refractivity contribution < 1.29 is 4.79 Å². The van der Waals surface area contributed by atoms with Gasteiger partial charge in [-0.25, -0.2) is 0 Å². The number of ketones is 1. The van der Waals surface area contributed by atoms with Crippen LogP contribution in [0.25, 0.3) is 6.08 Å². The fraction of sp³-hybridized carbons (Fsp3) is 0.167. The van der Waals surface area contributed by atoms with E-state index in [0.29, 0.717) is 6.42 Å². The third kappa shape index (κ3) is 3.24. The van der Waals surface area contributed by atoms with Gasteiger partial charge in [-0.2, -0.15) is 5.26 Å². The fourth-order valence-electron chi connectivity index (χ4n) is 1.17. The highest BCUT2D eigenvalue weighted by Crippen LogP contribution is 2.06. The molecule has 0 aliphatic carbocycles. The third-order valence-electron chi connectivity index (χ3n) is 1.78. The van der Waals surface area contributed by atoms with Crippen LogP contribution in [0.3, 0.4) is 0 Å². The van der Waals surface area contributed by atoms with Gasteiger partial charge in [0, 0.05) is 12.5 Å². The van der Waals surface area contributed by atoms with E-state index in [1.165, 1.54) is 6.08 Å². The van der Waals surface area contributed by atoms with Crippen LogP contribution in [0.2, 0.25) is 0 Å². The number of rotatable bonds is 3. The Hall–Kier alpha value is -1.88. The fourth-order valence-corrected chi connectivity index (χ4v) is 1.17. The van der Waals surface area contributed by atoms with Gasteiger partial charge in [-0.3, -0.25) is 4.79 Å². The molecule has 0 unspecified atom stereocenters. The summed E-state index contributed by atoms with van der Waals surface area (Å²) in [6.45, 7) is 1.57. The van der Waals surface area contributed by atoms with Crippen molar-refractivity contribution in [2.24, 2.45) is 0 Å². The van der Waals surface area contributed by atoms with Gasteiger partial charge < -0.3 is 0 Å². The first-order valence-corrected chi connectivity index (χ1v) is 4.37. The summed E-state index contributed by atoms with van der Waals surface area (Å²) < 4.78 is 0. The Morgan fingerprint density at radius 2 is 2.07 bits per heavy atom. The van der Waals surface area contributed by atoms with Gasteiger partial charge in [-0.05, 0) is 24.1 Å². The molecule has 1 aromatic rings. The predicted molar refractivity (Wildman–Crippen MR) is 55.5 cm³/mol. The van der Waals surface area contributed by atoms with Crippen LogP contribution in [-0.2, 0) is 11.2 Å². The third-order valence-corrected chi connectivity index (χ3v) is 1.78. The highest BCUT2D eigenvalue weighted by Gasteiger charge is 1.96. The van der Waals surface area contributed by atoms with Crippen molar-refractivity contribution in [3.05, 3.63) is 41.5 Å².